The molecule has 0 radical (unpaired) electrons. The number of alkyl carbamates (subject to hydrolysis) is 1. The Morgan fingerprint density at radius 2 is 1.56 bits per heavy atom. The van der Waals surface area contributed by atoms with Crippen LogP contribution in [-0.2, 0) is 14.3 Å². The molecule has 3 atom stereocenters. The minimum atomic E-state index is -1.11. The number of aliphatic carboxylic acids is 1. The van der Waals surface area contributed by atoms with Crippen LogP contribution in [0.4, 0.5) is 4.79 Å². The van der Waals surface area contributed by atoms with Gasteiger partial charge in [0, 0.05) is 13.0 Å². The van der Waals surface area contributed by atoms with E-state index in [1.807, 2.05) is 50.2 Å². The van der Waals surface area contributed by atoms with Crippen LogP contribution in [-0.4, -0.2) is 53.7 Å². The highest BCUT2D eigenvalue weighted by Crippen LogP contribution is 2.44. The summed E-state index contributed by atoms with van der Waals surface area (Å²) in [6.07, 6.45) is -0.0584. The first-order valence-electron chi connectivity index (χ1n) is 10.9. The van der Waals surface area contributed by atoms with Crippen molar-refractivity contribution in [3.05, 3.63) is 59.7 Å². The Hall–Kier alpha value is -3.35. The van der Waals surface area contributed by atoms with Crippen molar-refractivity contribution in [2.24, 2.45) is 5.92 Å². The van der Waals surface area contributed by atoms with Gasteiger partial charge in [-0.3, -0.25) is 4.79 Å². The fraction of sp³-hybridized carbons (Fsp3) is 0.400. The maximum absolute atomic E-state index is 12.9. The van der Waals surface area contributed by atoms with Crippen LogP contribution in [0.2, 0.25) is 0 Å². The van der Waals surface area contributed by atoms with Crippen LogP contribution in [0.15, 0.2) is 48.5 Å². The van der Waals surface area contributed by atoms with Gasteiger partial charge in [0.1, 0.15) is 18.7 Å². The molecular weight excluding hydrogens is 408 g/mol. The largest absolute Gasteiger partial charge is 0.480 e. The number of fused-ring (bicyclic) bond motifs is 3. The summed E-state index contributed by atoms with van der Waals surface area (Å²) in [5.74, 6) is -1.83. The van der Waals surface area contributed by atoms with E-state index in [1.165, 1.54) is 14.0 Å². The normalized spacial score (nSPS) is 15.1. The lowest BCUT2D eigenvalue weighted by atomic mass is 9.97. The second kappa shape index (κ2) is 9.85. The molecule has 0 aliphatic heterocycles. The molecule has 1 aliphatic rings. The van der Waals surface area contributed by atoms with Gasteiger partial charge in [0.15, 0.2) is 0 Å². The van der Waals surface area contributed by atoms with Crippen molar-refractivity contribution < 1.29 is 24.2 Å². The Morgan fingerprint density at radius 1 is 1.03 bits per heavy atom. The highest BCUT2D eigenvalue weighted by molar-refractivity contribution is 5.89. The maximum Gasteiger partial charge on any atom is 0.407 e. The SMILES string of the molecule is CCC(C)C(NC(=O)OCC1c2ccccc2-c2ccccc21)C(=O)N(C)[C@@H](C)C(=O)O. The van der Waals surface area contributed by atoms with E-state index < -0.39 is 30.1 Å². The second-order valence-corrected chi connectivity index (χ2v) is 8.30. The van der Waals surface area contributed by atoms with E-state index in [0.717, 1.165) is 27.2 Å². The number of carbonyl (C=O) groups excluding carboxylic acids is 2. The predicted octanol–water partition coefficient (Wildman–Crippen LogP) is 3.87. The minimum Gasteiger partial charge on any atom is -0.480 e. The number of hydrogen-bond donors (Lipinski definition) is 2. The highest BCUT2D eigenvalue weighted by atomic mass is 16.5. The molecule has 0 fully saturated rings. The summed E-state index contributed by atoms with van der Waals surface area (Å²) in [7, 11) is 1.43. The summed E-state index contributed by atoms with van der Waals surface area (Å²) < 4.78 is 5.57. The molecule has 32 heavy (non-hydrogen) atoms. The van der Waals surface area contributed by atoms with Gasteiger partial charge in [-0.1, -0.05) is 68.8 Å². The van der Waals surface area contributed by atoms with Crippen molar-refractivity contribution >= 4 is 18.0 Å². The summed E-state index contributed by atoms with van der Waals surface area (Å²) in [6, 6.07) is 14.2. The van der Waals surface area contributed by atoms with Crippen LogP contribution in [0.25, 0.3) is 11.1 Å². The van der Waals surface area contributed by atoms with Crippen molar-refractivity contribution in [2.45, 2.75) is 45.2 Å². The quantitative estimate of drug-likeness (QED) is 0.652. The van der Waals surface area contributed by atoms with Crippen LogP contribution < -0.4 is 5.32 Å². The highest BCUT2D eigenvalue weighted by Gasteiger charge is 2.34. The van der Waals surface area contributed by atoms with Crippen molar-refractivity contribution in [3.8, 4) is 11.1 Å². The molecule has 1 aliphatic carbocycles. The first-order valence-corrected chi connectivity index (χ1v) is 10.9. The molecule has 2 N–H and O–H groups in total. The summed E-state index contributed by atoms with van der Waals surface area (Å²) in [5, 5.41) is 11.9. The van der Waals surface area contributed by atoms with Gasteiger partial charge < -0.3 is 20.1 Å². The third-order valence-electron chi connectivity index (χ3n) is 6.38. The van der Waals surface area contributed by atoms with Gasteiger partial charge in [-0.15, -0.1) is 0 Å². The van der Waals surface area contributed by atoms with Gasteiger partial charge in [0.05, 0.1) is 0 Å². The number of carboxylic acid groups (broad SMARTS) is 1. The number of ether oxygens (including phenoxy) is 1. The topological polar surface area (TPSA) is 95.9 Å². The van der Waals surface area contributed by atoms with Crippen molar-refractivity contribution in [1.29, 1.82) is 0 Å². The van der Waals surface area contributed by atoms with Gasteiger partial charge in [-0.25, -0.2) is 9.59 Å². The van der Waals surface area contributed by atoms with Gasteiger partial charge in [-0.2, -0.15) is 0 Å². The van der Waals surface area contributed by atoms with E-state index in [-0.39, 0.29) is 18.4 Å². The Balaban J connectivity index is 1.71. The monoisotopic (exact) mass is 438 g/mol. The van der Waals surface area contributed by atoms with E-state index >= 15 is 0 Å². The van der Waals surface area contributed by atoms with Crippen molar-refractivity contribution in [3.63, 3.8) is 0 Å². The zero-order valence-electron chi connectivity index (χ0n) is 18.9. The van der Waals surface area contributed by atoms with Crippen LogP contribution in [0.5, 0.6) is 0 Å². The zero-order valence-corrected chi connectivity index (χ0v) is 18.9. The summed E-state index contributed by atoms with van der Waals surface area (Å²) in [6.45, 7) is 5.32. The number of benzene rings is 2. The lowest BCUT2D eigenvalue weighted by Crippen LogP contribution is -2.54. The first-order chi connectivity index (χ1) is 15.3. The zero-order chi connectivity index (χ0) is 23.4. The summed E-state index contributed by atoms with van der Waals surface area (Å²) >= 11 is 0. The molecule has 3 rings (SSSR count). The number of carboxylic acids is 1. The van der Waals surface area contributed by atoms with Gasteiger partial charge in [-0.05, 0) is 35.1 Å². The first kappa shape index (κ1) is 23.3. The molecule has 170 valence electrons. The van der Waals surface area contributed by atoms with Gasteiger partial charge in [0.25, 0.3) is 0 Å². The number of hydrogen-bond acceptors (Lipinski definition) is 4. The van der Waals surface area contributed by atoms with Crippen LogP contribution in [0.3, 0.4) is 0 Å². The smallest absolute Gasteiger partial charge is 0.407 e. The van der Waals surface area contributed by atoms with Crippen LogP contribution >= 0.6 is 0 Å². The minimum absolute atomic E-state index is 0.0828. The average molecular weight is 439 g/mol. The van der Waals surface area contributed by atoms with Crippen LogP contribution in [0.1, 0.15) is 44.2 Å². The Labute approximate surface area is 188 Å². The molecular formula is C25H30N2O5. The lowest BCUT2D eigenvalue weighted by Gasteiger charge is -2.30. The maximum atomic E-state index is 12.9. The number of amides is 2. The molecule has 0 aromatic heterocycles. The molecule has 0 saturated carbocycles. The molecule has 2 unspecified atom stereocenters. The molecule has 2 aromatic rings. The van der Waals surface area contributed by atoms with Crippen molar-refractivity contribution in [2.75, 3.05) is 13.7 Å². The van der Waals surface area contributed by atoms with E-state index in [2.05, 4.69) is 17.4 Å². The third-order valence-corrected chi connectivity index (χ3v) is 6.38. The molecule has 0 spiro atoms. The average Bonchev–Trinajstić information content (AvgIpc) is 3.13. The number of rotatable bonds is 8. The fourth-order valence-corrected chi connectivity index (χ4v) is 4.03. The van der Waals surface area contributed by atoms with Gasteiger partial charge >= 0.3 is 12.1 Å². The van der Waals surface area contributed by atoms with E-state index in [9.17, 15) is 19.5 Å². The molecule has 0 saturated heterocycles. The molecule has 7 nitrogen and oxygen atoms in total. The number of carbonyl (C=O) groups is 3. The van der Waals surface area contributed by atoms with Crippen LogP contribution in [0, 0.1) is 5.92 Å². The van der Waals surface area contributed by atoms with E-state index in [0.29, 0.717) is 6.42 Å². The lowest BCUT2D eigenvalue weighted by molar-refractivity contribution is -0.149. The molecule has 2 aromatic carbocycles. The Morgan fingerprint density at radius 3 is 2.06 bits per heavy atom. The second-order valence-electron chi connectivity index (χ2n) is 8.30. The van der Waals surface area contributed by atoms with Gasteiger partial charge in [0.2, 0.25) is 5.91 Å². The molecule has 0 bridgehead atoms. The Kier molecular flexibility index (Phi) is 7.18. The fourth-order valence-electron chi connectivity index (χ4n) is 4.03. The van der Waals surface area contributed by atoms with Crippen molar-refractivity contribution in [1.82, 2.24) is 10.2 Å². The third kappa shape index (κ3) is 4.61. The predicted molar refractivity (Wildman–Crippen MR) is 121 cm³/mol. The number of likely N-dealkylation sites (N-methyl/N-ethyl adjacent to an activating group) is 1. The summed E-state index contributed by atoms with van der Waals surface area (Å²) in [5.41, 5.74) is 4.47. The van der Waals surface area contributed by atoms with E-state index in [4.69, 9.17) is 4.74 Å². The molecule has 2 amide bonds. The Bertz CT molecular complexity index is 960. The molecule has 7 heteroatoms. The number of nitrogens with zero attached hydrogens (tertiary/aromatic N) is 1. The molecule has 0 heterocycles. The van der Waals surface area contributed by atoms with E-state index in [1.54, 1.807) is 0 Å². The number of nitrogens with one attached hydrogen (secondary N) is 1. The summed E-state index contributed by atoms with van der Waals surface area (Å²) in [4.78, 5) is 38.0. The standard InChI is InChI=1S/C25H30N2O5/c1-5-15(2)22(23(28)27(4)16(3)24(29)30)26-25(31)32-14-21-19-12-8-6-10-17(19)18-11-7-9-13-20(18)21/h6-13,15-16,21-22H,5,14H2,1-4H3,(H,26,31)(H,29,30)/t15?,16-,22?/m0/s1.